The van der Waals surface area contributed by atoms with Crippen LogP contribution in [0.1, 0.15) is 25.3 Å². The van der Waals surface area contributed by atoms with Crippen molar-refractivity contribution in [1.29, 1.82) is 0 Å². The van der Waals surface area contributed by atoms with Crippen LogP contribution in [-0.2, 0) is 16.0 Å². The summed E-state index contributed by atoms with van der Waals surface area (Å²) in [6.45, 7) is 2.46. The number of rotatable bonds is 5. The number of carbonyl (C=O) groups excluding carboxylic acids is 2. The van der Waals surface area contributed by atoms with Gasteiger partial charge in [0.05, 0.1) is 4.92 Å². The molecule has 1 heterocycles. The highest BCUT2D eigenvalue weighted by molar-refractivity contribution is 6.01. The van der Waals surface area contributed by atoms with Crippen molar-refractivity contribution in [2.45, 2.75) is 26.2 Å². The Balaban J connectivity index is 2.22. The molecule has 1 aromatic rings. The fraction of sp³-hybridized carbons (Fsp3) is 0.429. The van der Waals surface area contributed by atoms with Gasteiger partial charge in [-0.1, -0.05) is 6.92 Å². The van der Waals surface area contributed by atoms with E-state index in [4.69, 9.17) is 0 Å². The minimum Gasteiger partial charge on any atom is -0.355 e. The zero-order valence-electron chi connectivity index (χ0n) is 11.8. The Kier molecular flexibility index (Phi) is 4.52. The predicted molar refractivity (Wildman–Crippen MR) is 77.1 cm³/mol. The second kappa shape index (κ2) is 6.34. The molecule has 0 saturated heterocycles. The van der Waals surface area contributed by atoms with Crippen LogP contribution in [0, 0.1) is 10.1 Å². The first kappa shape index (κ1) is 15.0. The van der Waals surface area contributed by atoms with Gasteiger partial charge >= 0.3 is 0 Å². The lowest BCUT2D eigenvalue weighted by atomic mass is 10.0. The van der Waals surface area contributed by atoms with Gasteiger partial charge in [-0.05, 0) is 24.5 Å². The number of anilines is 1. The zero-order chi connectivity index (χ0) is 15.4. The summed E-state index contributed by atoms with van der Waals surface area (Å²) in [5.41, 5.74) is 1.31. The van der Waals surface area contributed by atoms with Crippen LogP contribution in [0.5, 0.6) is 0 Å². The molecule has 0 aromatic heterocycles. The van der Waals surface area contributed by atoms with Crippen LogP contribution < -0.4 is 10.2 Å². The largest absolute Gasteiger partial charge is 0.355 e. The van der Waals surface area contributed by atoms with Crippen LogP contribution in [0.2, 0.25) is 0 Å². The van der Waals surface area contributed by atoms with E-state index in [1.807, 2.05) is 6.92 Å². The van der Waals surface area contributed by atoms with E-state index >= 15 is 0 Å². The first-order chi connectivity index (χ1) is 10.0. The number of non-ortho nitro benzene ring substituents is 1. The molecule has 2 rings (SSSR count). The molecular formula is C14H17N3O4. The average molecular weight is 291 g/mol. The fourth-order valence-electron chi connectivity index (χ4n) is 2.30. The first-order valence-corrected chi connectivity index (χ1v) is 6.87. The molecular weight excluding hydrogens is 274 g/mol. The van der Waals surface area contributed by atoms with Crippen LogP contribution in [0.3, 0.4) is 0 Å². The Morgan fingerprint density at radius 1 is 1.43 bits per heavy atom. The number of aryl methyl sites for hydroxylation is 1. The summed E-state index contributed by atoms with van der Waals surface area (Å²) in [6.07, 6.45) is 1.54. The van der Waals surface area contributed by atoms with Crippen molar-refractivity contribution >= 4 is 23.2 Å². The van der Waals surface area contributed by atoms with Gasteiger partial charge in [0.15, 0.2) is 0 Å². The Hall–Kier alpha value is -2.44. The Morgan fingerprint density at radius 3 is 2.86 bits per heavy atom. The summed E-state index contributed by atoms with van der Waals surface area (Å²) >= 11 is 0. The van der Waals surface area contributed by atoms with E-state index in [0.29, 0.717) is 18.7 Å². The number of nitrogens with one attached hydrogen (secondary N) is 1. The van der Waals surface area contributed by atoms with Gasteiger partial charge in [-0.25, -0.2) is 0 Å². The number of carbonyl (C=O) groups is 2. The summed E-state index contributed by atoms with van der Waals surface area (Å²) in [7, 11) is 0. The van der Waals surface area contributed by atoms with Gasteiger partial charge < -0.3 is 10.2 Å². The second-order valence-corrected chi connectivity index (χ2v) is 4.90. The van der Waals surface area contributed by atoms with Gasteiger partial charge in [-0.15, -0.1) is 0 Å². The SMILES string of the molecule is CCCNC(=O)CN1C(=O)CCc2cc([N+](=O)[O-])ccc21. The molecule has 0 saturated carbocycles. The van der Waals surface area contributed by atoms with Crippen molar-refractivity contribution in [3.05, 3.63) is 33.9 Å². The third kappa shape index (κ3) is 3.36. The molecule has 0 bridgehead atoms. The maximum atomic E-state index is 12.0. The number of amides is 2. The van der Waals surface area contributed by atoms with Gasteiger partial charge in [-0.3, -0.25) is 19.7 Å². The monoisotopic (exact) mass is 291 g/mol. The normalized spacial score (nSPS) is 13.8. The average Bonchev–Trinajstić information content (AvgIpc) is 2.47. The van der Waals surface area contributed by atoms with Crippen LogP contribution >= 0.6 is 0 Å². The number of fused-ring (bicyclic) bond motifs is 1. The summed E-state index contributed by atoms with van der Waals surface area (Å²) in [5, 5.41) is 13.5. The molecule has 0 atom stereocenters. The number of benzene rings is 1. The highest BCUT2D eigenvalue weighted by atomic mass is 16.6. The van der Waals surface area contributed by atoms with Gasteiger partial charge in [-0.2, -0.15) is 0 Å². The minimum absolute atomic E-state index is 0.00140. The Bertz CT molecular complexity index is 586. The lowest BCUT2D eigenvalue weighted by Crippen LogP contribution is -2.43. The van der Waals surface area contributed by atoms with E-state index in [-0.39, 0.29) is 30.5 Å². The molecule has 112 valence electrons. The Morgan fingerprint density at radius 2 is 2.19 bits per heavy atom. The fourth-order valence-corrected chi connectivity index (χ4v) is 2.30. The quantitative estimate of drug-likeness (QED) is 0.655. The number of hydrogen-bond acceptors (Lipinski definition) is 4. The molecule has 7 nitrogen and oxygen atoms in total. The first-order valence-electron chi connectivity index (χ1n) is 6.87. The standard InChI is InChI=1S/C14H17N3O4/c1-2-7-15-13(18)9-16-12-5-4-11(17(20)21)8-10(12)3-6-14(16)19/h4-5,8H,2-3,6-7,9H2,1H3,(H,15,18). The molecule has 0 spiro atoms. The number of nitro groups is 1. The minimum atomic E-state index is -0.463. The second-order valence-electron chi connectivity index (χ2n) is 4.90. The van der Waals surface area contributed by atoms with Gasteiger partial charge in [0.1, 0.15) is 6.54 Å². The Labute approximate surface area is 122 Å². The van der Waals surface area contributed by atoms with Crippen LogP contribution in [0.25, 0.3) is 0 Å². The van der Waals surface area contributed by atoms with Gasteiger partial charge in [0.2, 0.25) is 11.8 Å². The van der Waals surface area contributed by atoms with Gasteiger partial charge in [0, 0.05) is 30.8 Å². The van der Waals surface area contributed by atoms with E-state index in [2.05, 4.69) is 5.32 Å². The lowest BCUT2D eigenvalue weighted by molar-refractivity contribution is -0.384. The van der Waals surface area contributed by atoms with E-state index in [0.717, 1.165) is 12.0 Å². The van der Waals surface area contributed by atoms with Crippen molar-refractivity contribution in [3.8, 4) is 0 Å². The summed E-state index contributed by atoms with van der Waals surface area (Å²) < 4.78 is 0. The van der Waals surface area contributed by atoms with Crippen molar-refractivity contribution in [2.75, 3.05) is 18.0 Å². The van der Waals surface area contributed by atoms with Crippen LogP contribution in [0.15, 0.2) is 18.2 Å². The zero-order valence-corrected chi connectivity index (χ0v) is 11.8. The third-order valence-corrected chi connectivity index (χ3v) is 3.35. The number of nitro benzene ring substituents is 1. The molecule has 0 aliphatic carbocycles. The van der Waals surface area contributed by atoms with Crippen LogP contribution in [0.4, 0.5) is 11.4 Å². The smallest absolute Gasteiger partial charge is 0.269 e. The third-order valence-electron chi connectivity index (χ3n) is 3.35. The molecule has 1 N–H and O–H groups in total. The van der Waals surface area contributed by atoms with Crippen LogP contribution in [-0.4, -0.2) is 29.8 Å². The van der Waals surface area contributed by atoms with Crippen molar-refractivity contribution < 1.29 is 14.5 Å². The molecule has 1 aliphatic heterocycles. The number of nitrogens with zero attached hydrogens (tertiary/aromatic N) is 2. The molecule has 1 aromatic carbocycles. The van der Waals surface area contributed by atoms with Crippen molar-refractivity contribution in [1.82, 2.24) is 5.32 Å². The van der Waals surface area contributed by atoms with Crippen molar-refractivity contribution in [2.24, 2.45) is 0 Å². The number of hydrogen-bond donors (Lipinski definition) is 1. The maximum absolute atomic E-state index is 12.0. The van der Waals surface area contributed by atoms with E-state index < -0.39 is 4.92 Å². The molecule has 1 aliphatic rings. The highest BCUT2D eigenvalue weighted by Crippen LogP contribution is 2.30. The molecule has 0 unspecified atom stereocenters. The van der Waals surface area contributed by atoms with Gasteiger partial charge in [0.25, 0.3) is 5.69 Å². The van der Waals surface area contributed by atoms with E-state index in [1.54, 1.807) is 0 Å². The molecule has 2 amide bonds. The summed E-state index contributed by atoms with van der Waals surface area (Å²) in [6, 6.07) is 4.37. The molecule has 21 heavy (non-hydrogen) atoms. The molecule has 0 radical (unpaired) electrons. The lowest BCUT2D eigenvalue weighted by Gasteiger charge is -2.28. The summed E-state index contributed by atoms with van der Waals surface area (Å²) in [5.74, 6) is -0.362. The maximum Gasteiger partial charge on any atom is 0.269 e. The predicted octanol–water partition coefficient (Wildman–Crippen LogP) is 1.40. The summed E-state index contributed by atoms with van der Waals surface area (Å²) in [4.78, 5) is 35.5. The topological polar surface area (TPSA) is 92.6 Å². The van der Waals surface area contributed by atoms with Crippen molar-refractivity contribution in [3.63, 3.8) is 0 Å². The van der Waals surface area contributed by atoms with E-state index in [1.165, 1.54) is 23.1 Å². The highest BCUT2D eigenvalue weighted by Gasteiger charge is 2.27. The molecule has 0 fully saturated rings. The molecule has 7 heteroatoms. The van der Waals surface area contributed by atoms with E-state index in [9.17, 15) is 19.7 Å².